The number of nitrogens with one attached hydrogen (secondary N) is 1. The van der Waals surface area contributed by atoms with Crippen molar-refractivity contribution in [2.24, 2.45) is 16.2 Å². The summed E-state index contributed by atoms with van der Waals surface area (Å²) >= 11 is 0. The largest absolute Gasteiger partial charge is 0.508 e. The van der Waals surface area contributed by atoms with Crippen LogP contribution < -0.4 is 5.32 Å². The Bertz CT molecular complexity index is 478. The molecular formula is C17H27NO2. The number of hydrogen-bond acceptors (Lipinski definition) is 2. The molecule has 1 aromatic carbocycles. The maximum atomic E-state index is 12.8. The Morgan fingerprint density at radius 3 is 1.90 bits per heavy atom. The highest BCUT2D eigenvalue weighted by atomic mass is 16.3. The first kappa shape index (κ1) is 16.5. The molecule has 1 aromatic rings. The second-order valence-corrected chi connectivity index (χ2v) is 7.63. The first-order valence-corrected chi connectivity index (χ1v) is 7.00. The summed E-state index contributed by atoms with van der Waals surface area (Å²) < 4.78 is 0. The van der Waals surface area contributed by atoms with E-state index in [0.717, 1.165) is 0 Å². The summed E-state index contributed by atoms with van der Waals surface area (Å²) in [6, 6.07) is 6.64. The van der Waals surface area contributed by atoms with Crippen molar-refractivity contribution in [1.82, 2.24) is 0 Å². The molecule has 0 spiro atoms. The molecule has 0 unspecified atom stereocenters. The summed E-state index contributed by atoms with van der Waals surface area (Å²) in [7, 11) is 0. The Hall–Kier alpha value is -1.51. The zero-order valence-electron chi connectivity index (χ0n) is 13.7. The van der Waals surface area contributed by atoms with Gasteiger partial charge in [-0.3, -0.25) is 4.79 Å². The third-order valence-corrected chi connectivity index (χ3v) is 4.56. The Morgan fingerprint density at radius 2 is 1.50 bits per heavy atom. The van der Waals surface area contributed by atoms with E-state index < -0.39 is 5.41 Å². The van der Waals surface area contributed by atoms with E-state index in [4.69, 9.17) is 0 Å². The van der Waals surface area contributed by atoms with Gasteiger partial charge in [-0.25, -0.2) is 0 Å². The van der Waals surface area contributed by atoms with Crippen molar-refractivity contribution in [2.75, 3.05) is 5.32 Å². The molecule has 0 aliphatic heterocycles. The van der Waals surface area contributed by atoms with Gasteiger partial charge in [-0.2, -0.15) is 0 Å². The van der Waals surface area contributed by atoms with E-state index in [1.165, 1.54) is 0 Å². The van der Waals surface area contributed by atoms with Crippen LogP contribution >= 0.6 is 0 Å². The van der Waals surface area contributed by atoms with Crippen molar-refractivity contribution < 1.29 is 9.90 Å². The Kier molecular flexibility index (Phi) is 4.23. The molecule has 0 aromatic heterocycles. The minimum Gasteiger partial charge on any atom is -0.508 e. The SMILES string of the molecule is CC(C)(C)C(C)(C(=O)Nc1cccc(O)c1)C(C)(C)C. The maximum Gasteiger partial charge on any atom is 0.231 e. The highest BCUT2D eigenvalue weighted by Crippen LogP contribution is 2.51. The molecule has 0 saturated heterocycles. The van der Waals surface area contributed by atoms with Crippen molar-refractivity contribution in [3.05, 3.63) is 24.3 Å². The number of amides is 1. The van der Waals surface area contributed by atoms with Crippen molar-refractivity contribution in [2.45, 2.75) is 48.5 Å². The molecule has 0 fully saturated rings. The van der Waals surface area contributed by atoms with Crippen LogP contribution in [0.5, 0.6) is 5.75 Å². The van der Waals surface area contributed by atoms with E-state index in [-0.39, 0.29) is 22.5 Å². The fraction of sp³-hybridized carbons (Fsp3) is 0.588. The first-order chi connectivity index (χ1) is 8.89. The molecule has 0 heterocycles. The minimum absolute atomic E-state index is 0.0249. The van der Waals surface area contributed by atoms with Gasteiger partial charge >= 0.3 is 0 Å². The van der Waals surface area contributed by atoms with Gasteiger partial charge in [0.15, 0.2) is 0 Å². The summed E-state index contributed by atoms with van der Waals surface area (Å²) in [6.45, 7) is 14.5. The first-order valence-electron chi connectivity index (χ1n) is 7.00. The van der Waals surface area contributed by atoms with E-state index in [2.05, 4.69) is 46.9 Å². The number of phenolic OH excluding ortho intramolecular Hbond substituents is 1. The number of carbonyl (C=O) groups excluding carboxylic acids is 1. The highest BCUT2D eigenvalue weighted by molar-refractivity contribution is 5.96. The Morgan fingerprint density at radius 1 is 1.00 bits per heavy atom. The van der Waals surface area contributed by atoms with Gasteiger partial charge in [0, 0.05) is 11.8 Å². The molecule has 112 valence electrons. The maximum absolute atomic E-state index is 12.8. The second-order valence-electron chi connectivity index (χ2n) is 7.63. The standard InChI is InChI=1S/C17H27NO2/c1-15(2,3)17(7,16(4,5)6)14(20)18-12-9-8-10-13(19)11-12/h8-11,19H,1-7H3,(H,18,20). The number of anilines is 1. The fourth-order valence-corrected chi connectivity index (χ4v) is 2.65. The van der Waals surface area contributed by atoms with Crippen molar-refractivity contribution >= 4 is 11.6 Å². The van der Waals surface area contributed by atoms with Crippen LogP contribution in [0.2, 0.25) is 0 Å². The molecular weight excluding hydrogens is 250 g/mol. The quantitative estimate of drug-likeness (QED) is 0.840. The van der Waals surface area contributed by atoms with Crippen LogP contribution in [-0.2, 0) is 4.79 Å². The summed E-state index contributed by atoms with van der Waals surface area (Å²) in [5, 5.41) is 12.4. The van der Waals surface area contributed by atoms with E-state index in [0.29, 0.717) is 5.69 Å². The van der Waals surface area contributed by atoms with Crippen LogP contribution in [0.1, 0.15) is 48.5 Å². The molecule has 3 heteroatoms. The predicted molar refractivity (Wildman–Crippen MR) is 83.8 cm³/mol. The lowest BCUT2D eigenvalue weighted by atomic mass is 9.54. The number of hydrogen-bond donors (Lipinski definition) is 2. The zero-order valence-corrected chi connectivity index (χ0v) is 13.7. The molecule has 20 heavy (non-hydrogen) atoms. The van der Waals surface area contributed by atoms with Crippen molar-refractivity contribution in [3.63, 3.8) is 0 Å². The molecule has 0 atom stereocenters. The third-order valence-electron chi connectivity index (χ3n) is 4.56. The number of phenols is 1. The monoisotopic (exact) mass is 277 g/mol. The third kappa shape index (κ3) is 2.97. The molecule has 0 saturated carbocycles. The molecule has 0 aliphatic rings. The lowest BCUT2D eigenvalue weighted by molar-refractivity contribution is -0.140. The number of aromatic hydroxyl groups is 1. The van der Waals surface area contributed by atoms with Crippen molar-refractivity contribution in [3.8, 4) is 5.75 Å². The number of rotatable bonds is 2. The Balaban J connectivity index is 3.15. The summed E-state index contributed by atoms with van der Waals surface area (Å²) in [5.41, 5.74) is -0.307. The predicted octanol–water partition coefficient (Wildman–Crippen LogP) is 4.43. The number of benzene rings is 1. The molecule has 0 aliphatic carbocycles. The van der Waals surface area contributed by atoms with Gasteiger partial charge in [0.1, 0.15) is 5.75 Å². The van der Waals surface area contributed by atoms with Gasteiger partial charge in [0.25, 0.3) is 0 Å². The zero-order chi connectivity index (χ0) is 15.8. The summed E-state index contributed by atoms with van der Waals surface area (Å²) in [5.74, 6) is 0.124. The smallest absolute Gasteiger partial charge is 0.231 e. The van der Waals surface area contributed by atoms with Crippen LogP contribution in [0.15, 0.2) is 24.3 Å². The topological polar surface area (TPSA) is 49.3 Å². The molecule has 3 nitrogen and oxygen atoms in total. The van der Waals surface area contributed by atoms with Gasteiger partial charge in [-0.1, -0.05) is 47.6 Å². The van der Waals surface area contributed by atoms with Gasteiger partial charge < -0.3 is 10.4 Å². The summed E-state index contributed by atoms with van der Waals surface area (Å²) in [6.07, 6.45) is 0. The lowest BCUT2D eigenvalue weighted by Gasteiger charge is -2.49. The van der Waals surface area contributed by atoms with E-state index in [1.807, 2.05) is 6.92 Å². The Labute approximate surface area is 122 Å². The van der Waals surface area contributed by atoms with Crippen LogP contribution in [0.3, 0.4) is 0 Å². The average Bonchev–Trinajstić information content (AvgIpc) is 2.24. The lowest BCUT2D eigenvalue weighted by Crippen LogP contribution is -2.52. The summed E-state index contributed by atoms with van der Waals surface area (Å²) in [4.78, 5) is 12.8. The van der Waals surface area contributed by atoms with Gasteiger partial charge in [0.2, 0.25) is 5.91 Å². The average molecular weight is 277 g/mol. The second kappa shape index (κ2) is 5.12. The van der Waals surface area contributed by atoms with E-state index >= 15 is 0 Å². The molecule has 0 bridgehead atoms. The van der Waals surface area contributed by atoms with Gasteiger partial charge in [-0.15, -0.1) is 0 Å². The van der Waals surface area contributed by atoms with Crippen molar-refractivity contribution in [1.29, 1.82) is 0 Å². The fourth-order valence-electron chi connectivity index (χ4n) is 2.65. The van der Waals surface area contributed by atoms with Gasteiger partial charge in [0.05, 0.1) is 5.41 Å². The van der Waals surface area contributed by atoms with E-state index in [9.17, 15) is 9.90 Å². The van der Waals surface area contributed by atoms with Crippen LogP contribution in [0, 0.1) is 16.2 Å². The molecule has 1 rings (SSSR count). The normalized spacial score (nSPS) is 13.2. The molecule has 1 amide bonds. The highest BCUT2D eigenvalue weighted by Gasteiger charge is 2.52. The van der Waals surface area contributed by atoms with E-state index in [1.54, 1.807) is 24.3 Å². The molecule has 2 N–H and O–H groups in total. The number of carbonyl (C=O) groups is 1. The minimum atomic E-state index is -0.550. The van der Waals surface area contributed by atoms with Crippen LogP contribution in [0.25, 0.3) is 0 Å². The molecule has 0 radical (unpaired) electrons. The van der Waals surface area contributed by atoms with Gasteiger partial charge in [-0.05, 0) is 29.9 Å². The van der Waals surface area contributed by atoms with Crippen LogP contribution in [0.4, 0.5) is 5.69 Å². The van der Waals surface area contributed by atoms with Crippen LogP contribution in [-0.4, -0.2) is 11.0 Å².